The maximum atomic E-state index is 10.6. The standard InChI is InChI=1S/C11H21N3O.C5H12O/c15-10-14-5-1-11(2-6-14)9-13-7-3-12-4-8-13;1-5(2,3)6-4/h10-12H,1-9H2;1-4H3. The van der Waals surface area contributed by atoms with Gasteiger partial charge in [0.25, 0.3) is 0 Å². The number of nitrogens with one attached hydrogen (secondary N) is 1. The van der Waals surface area contributed by atoms with E-state index in [9.17, 15) is 4.79 Å². The van der Waals surface area contributed by atoms with Crippen LogP contribution in [0.2, 0.25) is 0 Å². The van der Waals surface area contributed by atoms with Gasteiger partial charge in [-0.05, 0) is 39.5 Å². The van der Waals surface area contributed by atoms with Crippen LogP contribution in [0.15, 0.2) is 0 Å². The number of carbonyl (C=O) groups is 1. The molecule has 2 rings (SSSR count). The van der Waals surface area contributed by atoms with E-state index in [0.29, 0.717) is 0 Å². The molecule has 0 radical (unpaired) electrons. The molecule has 0 aromatic rings. The molecule has 124 valence electrons. The summed E-state index contributed by atoms with van der Waals surface area (Å²) in [7, 11) is 1.71. The van der Waals surface area contributed by atoms with Gasteiger partial charge in [0, 0.05) is 52.9 Å². The molecule has 2 fully saturated rings. The van der Waals surface area contributed by atoms with E-state index in [0.717, 1.165) is 38.5 Å². The molecule has 0 aromatic carbocycles. The highest BCUT2D eigenvalue weighted by atomic mass is 16.5. The zero-order valence-electron chi connectivity index (χ0n) is 14.2. The van der Waals surface area contributed by atoms with Gasteiger partial charge in [-0.25, -0.2) is 0 Å². The minimum Gasteiger partial charge on any atom is -0.379 e. The van der Waals surface area contributed by atoms with Gasteiger partial charge < -0.3 is 19.9 Å². The minimum atomic E-state index is 0.0417. The highest BCUT2D eigenvalue weighted by Gasteiger charge is 2.21. The van der Waals surface area contributed by atoms with Gasteiger partial charge >= 0.3 is 0 Å². The Morgan fingerprint density at radius 2 is 1.67 bits per heavy atom. The molecule has 2 heterocycles. The fourth-order valence-corrected chi connectivity index (χ4v) is 2.50. The summed E-state index contributed by atoms with van der Waals surface area (Å²) in [6.07, 6.45) is 3.35. The van der Waals surface area contributed by atoms with Gasteiger partial charge in [-0.15, -0.1) is 0 Å². The predicted molar refractivity (Wildman–Crippen MR) is 86.4 cm³/mol. The summed E-state index contributed by atoms with van der Waals surface area (Å²) in [5, 5.41) is 3.37. The maximum Gasteiger partial charge on any atom is 0.209 e. The number of piperidine rings is 1. The summed E-state index contributed by atoms with van der Waals surface area (Å²) >= 11 is 0. The summed E-state index contributed by atoms with van der Waals surface area (Å²) in [6.45, 7) is 13.9. The smallest absolute Gasteiger partial charge is 0.209 e. The molecule has 0 saturated carbocycles. The fraction of sp³-hybridized carbons (Fsp3) is 0.938. The van der Waals surface area contributed by atoms with E-state index in [-0.39, 0.29) is 5.60 Å². The Hall–Kier alpha value is -0.650. The van der Waals surface area contributed by atoms with Crippen molar-refractivity contribution in [3.8, 4) is 0 Å². The molecule has 1 N–H and O–H groups in total. The quantitative estimate of drug-likeness (QED) is 0.795. The Kier molecular flexibility index (Phi) is 8.22. The normalized spacial score (nSPS) is 21.6. The van der Waals surface area contributed by atoms with Gasteiger partial charge in [-0.1, -0.05) is 0 Å². The Morgan fingerprint density at radius 3 is 2.10 bits per heavy atom. The van der Waals surface area contributed by atoms with Crippen LogP contribution in [0.1, 0.15) is 33.6 Å². The Bertz CT molecular complexity index is 278. The molecule has 0 atom stereocenters. The van der Waals surface area contributed by atoms with Gasteiger partial charge in [-0.3, -0.25) is 4.79 Å². The second-order valence-corrected chi connectivity index (χ2v) is 6.95. The predicted octanol–water partition coefficient (Wildman–Crippen LogP) is 1.19. The van der Waals surface area contributed by atoms with E-state index in [2.05, 4.69) is 10.2 Å². The number of amides is 1. The number of nitrogens with zero attached hydrogens (tertiary/aromatic N) is 2. The van der Waals surface area contributed by atoms with Crippen LogP contribution in [0.25, 0.3) is 0 Å². The van der Waals surface area contributed by atoms with E-state index < -0.39 is 0 Å². The van der Waals surface area contributed by atoms with Crippen LogP contribution in [0.4, 0.5) is 0 Å². The highest BCUT2D eigenvalue weighted by molar-refractivity contribution is 5.47. The van der Waals surface area contributed by atoms with Crippen LogP contribution >= 0.6 is 0 Å². The minimum absolute atomic E-state index is 0.0417. The molecule has 21 heavy (non-hydrogen) atoms. The lowest BCUT2D eigenvalue weighted by atomic mass is 9.96. The number of piperazine rings is 1. The van der Waals surface area contributed by atoms with Gasteiger partial charge in [-0.2, -0.15) is 0 Å². The average Bonchev–Trinajstić information content (AvgIpc) is 2.49. The Balaban J connectivity index is 0.000000315. The molecule has 0 aromatic heterocycles. The van der Waals surface area contributed by atoms with Crippen molar-refractivity contribution in [2.75, 3.05) is 52.9 Å². The molecule has 2 saturated heterocycles. The summed E-state index contributed by atoms with van der Waals surface area (Å²) in [6, 6.07) is 0. The molecule has 0 bridgehead atoms. The topological polar surface area (TPSA) is 44.8 Å². The van der Waals surface area contributed by atoms with Crippen LogP contribution in [0.3, 0.4) is 0 Å². The first-order valence-electron chi connectivity index (χ1n) is 8.12. The van der Waals surface area contributed by atoms with Gasteiger partial charge in [0.15, 0.2) is 0 Å². The Labute approximate surface area is 130 Å². The summed E-state index contributed by atoms with van der Waals surface area (Å²) in [5.74, 6) is 0.805. The monoisotopic (exact) mass is 299 g/mol. The van der Waals surface area contributed by atoms with Gasteiger partial charge in [0.05, 0.1) is 5.60 Å². The number of hydrogen-bond acceptors (Lipinski definition) is 4. The van der Waals surface area contributed by atoms with Crippen molar-refractivity contribution in [1.82, 2.24) is 15.1 Å². The van der Waals surface area contributed by atoms with Crippen molar-refractivity contribution < 1.29 is 9.53 Å². The molecule has 5 heteroatoms. The van der Waals surface area contributed by atoms with Crippen molar-refractivity contribution >= 4 is 6.41 Å². The van der Waals surface area contributed by atoms with Crippen molar-refractivity contribution in [2.24, 2.45) is 5.92 Å². The second-order valence-electron chi connectivity index (χ2n) is 6.95. The number of hydrogen-bond donors (Lipinski definition) is 1. The van der Waals surface area contributed by atoms with Gasteiger partial charge in [0.1, 0.15) is 0 Å². The third-order valence-electron chi connectivity index (χ3n) is 4.14. The first-order chi connectivity index (χ1) is 9.94. The molecule has 2 aliphatic rings. The number of rotatable bonds is 3. The number of carbonyl (C=O) groups excluding carboxylic acids is 1. The van der Waals surface area contributed by atoms with Gasteiger partial charge in [0.2, 0.25) is 6.41 Å². The van der Waals surface area contributed by atoms with E-state index in [1.54, 1.807) is 7.11 Å². The summed E-state index contributed by atoms with van der Waals surface area (Å²) in [5.41, 5.74) is 0.0417. The number of likely N-dealkylation sites (tertiary alicyclic amines) is 1. The van der Waals surface area contributed by atoms with Crippen LogP contribution < -0.4 is 5.32 Å². The lowest BCUT2D eigenvalue weighted by molar-refractivity contribution is -0.119. The molecule has 0 unspecified atom stereocenters. The number of methoxy groups -OCH3 is 1. The van der Waals surface area contributed by atoms with Crippen molar-refractivity contribution in [3.63, 3.8) is 0 Å². The molecule has 1 amide bonds. The summed E-state index contributed by atoms with van der Waals surface area (Å²) in [4.78, 5) is 15.0. The molecule has 5 nitrogen and oxygen atoms in total. The number of ether oxygens (including phenoxy) is 1. The molecule has 0 aliphatic carbocycles. The SMILES string of the molecule is COC(C)(C)C.O=CN1CCC(CN2CCNCC2)CC1. The molecular formula is C16H33N3O2. The maximum absolute atomic E-state index is 10.6. The molecule has 0 spiro atoms. The van der Waals surface area contributed by atoms with Crippen molar-refractivity contribution in [3.05, 3.63) is 0 Å². The van der Waals surface area contributed by atoms with Crippen LogP contribution in [0, 0.1) is 5.92 Å². The highest BCUT2D eigenvalue weighted by Crippen LogP contribution is 2.17. The average molecular weight is 299 g/mol. The zero-order chi connectivity index (χ0) is 15.7. The van der Waals surface area contributed by atoms with Crippen LogP contribution in [-0.2, 0) is 9.53 Å². The van der Waals surface area contributed by atoms with E-state index in [1.807, 2.05) is 25.7 Å². The van der Waals surface area contributed by atoms with Crippen molar-refractivity contribution in [2.45, 2.75) is 39.2 Å². The first kappa shape index (κ1) is 18.4. The van der Waals surface area contributed by atoms with Crippen molar-refractivity contribution in [1.29, 1.82) is 0 Å². The lowest BCUT2D eigenvalue weighted by Crippen LogP contribution is -2.46. The third kappa shape index (κ3) is 8.39. The zero-order valence-corrected chi connectivity index (χ0v) is 14.2. The lowest BCUT2D eigenvalue weighted by Gasteiger charge is -2.34. The molecular weight excluding hydrogens is 266 g/mol. The second kappa shape index (κ2) is 9.38. The third-order valence-corrected chi connectivity index (χ3v) is 4.14. The summed E-state index contributed by atoms with van der Waals surface area (Å²) < 4.78 is 4.94. The van der Waals surface area contributed by atoms with E-state index >= 15 is 0 Å². The fourth-order valence-electron chi connectivity index (χ4n) is 2.50. The largest absolute Gasteiger partial charge is 0.379 e. The first-order valence-corrected chi connectivity index (χ1v) is 8.12. The Morgan fingerprint density at radius 1 is 1.14 bits per heavy atom. The van der Waals surface area contributed by atoms with E-state index in [1.165, 1.54) is 32.5 Å². The molecule has 2 aliphatic heterocycles. The van der Waals surface area contributed by atoms with Crippen LogP contribution in [0.5, 0.6) is 0 Å². The van der Waals surface area contributed by atoms with E-state index in [4.69, 9.17) is 4.74 Å². The van der Waals surface area contributed by atoms with Crippen LogP contribution in [-0.4, -0.2) is 74.7 Å².